The third kappa shape index (κ3) is 2.44. The molecule has 16 heavy (non-hydrogen) atoms. The molecule has 0 unspecified atom stereocenters. The number of hydrogen-bond donors (Lipinski definition) is 1. The van der Waals surface area contributed by atoms with E-state index in [4.69, 9.17) is 5.11 Å². The van der Waals surface area contributed by atoms with Gasteiger partial charge in [-0.2, -0.15) is 0 Å². The van der Waals surface area contributed by atoms with E-state index in [-0.39, 0.29) is 23.6 Å². The van der Waals surface area contributed by atoms with Gasteiger partial charge in [-0.05, 0) is 19.1 Å². The zero-order valence-electron chi connectivity index (χ0n) is 9.43. The molecule has 0 aliphatic rings. The fourth-order valence-corrected chi connectivity index (χ4v) is 1.91. The second-order valence-electron chi connectivity index (χ2n) is 3.66. The summed E-state index contributed by atoms with van der Waals surface area (Å²) in [5, 5.41) is 8.84. The highest BCUT2D eigenvalue weighted by Crippen LogP contribution is 2.10. The summed E-state index contributed by atoms with van der Waals surface area (Å²) in [7, 11) is 0. The first-order valence-corrected chi connectivity index (χ1v) is 5.45. The zero-order chi connectivity index (χ0) is 10.7. The van der Waals surface area contributed by atoms with E-state index in [0.29, 0.717) is 0 Å². The van der Waals surface area contributed by atoms with E-state index in [1.54, 1.807) is 0 Å². The number of benzene rings is 1. The number of para-hydroxylation sites is 2. The monoisotopic (exact) mass is 284 g/mol. The molecular formula is C12H17BrN2O. The summed E-state index contributed by atoms with van der Waals surface area (Å²) < 4.78 is 4.43. The van der Waals surface area contributed by atoms with Crippen molar-refractivity contribution in [3.8, 4) is 0 Å². The molecule has 0 aliphatic carbocycles. The Labute approximate surface area is 106 Å². The molecule has 1 heterocycles. The summed E-state index contributed by atoms with van der Waals surface area (Å²) in [6.45, 7) is 4.25. The first-order chi connectivity index (χ1) is 7.36. The Hall–Kier alpha value is -0.870. The zero-order valence-corrected chi connectivity index (χ0v) is 11.0. The highest BCUT2D eigenvalue weighted by molar-refractivity contribution is 5.71. The van der Waals surface area contributed by atoms with Crippen molar-refractivity contribution >= 4 is 11.0 Å². The predicted molar refractivity (Wildman–Crippen MR) is 59.5 cm³/mol. The largest absolute Gasteiger partial charge is 1.00 e. The molecule has 0 saturated carbocycles. The van der Waals surface area contributed by atoms with Gasteiger partial charge in [-0.3, -0.25) is 0 Å². The molecule has 1 aromatic carbocycles. The SMILES string of the molecule is CCn1c[n+](CCCO)c2ccccc21.[Br-]. The normalized spacial score (nSPS) is 10.4. The topological polar surface area (TPSA) is 29.0 Å². The lowest BCUT2D eigenvalue weighted by Crippen LogP contribution is -3.00. The van der Waals surface area contributed by atoms with Crippen LogP contribution in [0.2, 0.25) is 0 Å². The summed E-state index contributed by atoms with van der Waals surface area (Å²) >= 11 is 0. The van der Waals surface area contributed by atoms with Crippen LogP contribution in [0.1, 0.15) is 13.3 Å². The second-order valence-corrected chi connectivity index (χ2v) is 3.66. The van der Waals surface area contributed by atoms with Crippen LogP contribution < -0.4 is 21.5 Å². The van der Waals surface area contributed by atoms with Gasteiger partial charge in [0.1, 0.15) is 0 Å². The van der Waals surface area contributed by atoms with Crippen molar-refractivity contribution in [3.63, 3.8) is 0 Å². The Balaban J connectivity index is 0.00000128. The Morgan fingerprint density at radius 2 is 2.06 bits per heavy atom. The van der Waals surface area contributed by atoms with Crippen molar-refractivity contribution < 1.29 is 26.7 Å². The molecule has 4 heteroatoms. The van der Waals surface area contributed by atoms with Gasteiger partial charge in [0, 0.05) is 13.0 Å². The van der Waals surface area contributed by atoms with E-state index in [2.05, 4.69) is 46.7 Å². The molecule has 1 N–H and O–H groups in total. The van der Waals surface area contributed by atoms with Crippen LogP contribution in [0.25, 0.3) is 11.0 Å². The van der Waals surface area contributed by atoms with Gasteiger partial charge in [-0.25, -0.2) is 9.13 Å². The molecule has 0 saturated heterocycles. The van der Waals surface area contributed by atoms with Gasteiger partial charge in [0.25, 0.3) is 0 Å². The van der Waals surface area contributed by atoms with Crippen molar-refractivity contribution in [2.75, 3.05) is 6.61 Å². The second kappa shape index (κ2) is 6.01. The number of aliphatic hydroxyl groups is 1. The number of aliphatic hydroxyl groups excluding tert-OH is 1. The van der Waals surface area contributed by atoms with Gasteiger partial charge >= 0.3 is 0 Å². The van der Waals surface area contributed by atoms with Gasteiger partial charge in [-0.15, -0.1) is 0 Å². The van der Waals surface area contributed by atoms with Crippen LogP contribution in [0.3, 0.4) is 0 Å². The van der Waals surface area contributed by atoms with Crippen LogP contribution in [0, 0.1) is 0 Å². The summed E-state index contributed by atoms with van der Waals surface area (Å²) in [6.07, 6.45) is 2.93. The molecule has 0 spiro atoms. The number of imidazole rings is 1. The number of rotatable bonds is 4. The number of hydrogen-bond acceptors (Lipinski definition) is 1. The summed E-state index contributed by atoms with van der Waals surface area (Å²) in [5.74, 6) is 0. The standard InChI is InChI=1S/C12H17N2O.BrH/c1-2-13-10-14(8-5-9-15)12-7-4-3-6-11(12)13;/h3-4,6-7,10,15H,2,5,8-9H2,1H3;1H/q+1;/p-1. The Morgan fingerprint density at radius 1 is 1.31 bits per heavy atom. The molecule has 3 nitrogen and oxygen atoms in total. The number of aryl methyl sites for hydroxylation is 2. The molecule has 2 aromatic rings. The minimum atomic E-state index is 0. The van der Waals surface area contributed by atoms with Crippen LogP contribution in [0.15, 0.2) is 30.6 Å². The van der Waals surface area contributed by atoms with Gasteiger partial charge in [0.15, 0.2) is 11.0 Å². The van der Waals surface area contributed by atoms with Crippen LogP contribution >= 0.6 is 0 Å². The average molecular weight is 285 g/mol. The van der Waals surface area contributed by atoms with Gasteiger partial charge in [-0.1, -0.05) is 12.1 Å². The molecule has 0 fully saturated rings. The molecule has 88 valence electrons. The smallest absolute Gasteiger partial charge is 0.244 e. The molecule has 0 aliphatic heterocycles. The van der Waals surface area contributed by atoms with Crippen LogP contribution in [0.5, 0.6) is 0 Å². The maximum Gasteiger partial charge on any atom is 0.244 e. The van der Waals surface area contributed by atoms with Crippen LogP contribution in [-0.4, -0.2) is 16.3 Å². The molecule has 1 aromatic heterocycles. The lowest BCUT2D eigenvalue weighted by molar-refractivity contribution is -0.672. The summed E-state index contributed by atoms with van der Waals surface area (Å²) in [5.41, 5.74) is 2.51. The van der Waals surface area contributed by atoms with Crippen molar-refractivity contribution in [2.45, 2.75) is 26.4 Å². The first kappa shape index (κ1) is 13.2. The predicted octanol–water partition coefficient (Wildman–Crippen LogP) is -1.66. The number of halogens is 1. The van der Waals surface area contributed by atoms with E-state index in [0.717, 1.165) is 19.5 Å². The molecule has 2 rings (SSSR count). The van der Waals surface area contributed by atoms with E-state index >= 15 is 0 Å². The Bertz CT molecular complexity index is 453. The third-order valence-corrected chi connectivity index (χ3v) is 2.68. The highest BCUT2D eigenvalue weighted by Gasteiger charge is 2.12. The lowest BCUT2D eigenvalue weighted by atomic mass is 10.3. The quantitative estimate of drug-likeness (QED) is 0.669. The number of aromatic nitrogens is 2. The maximum absolute atomic E-state index is 8.84. The molecular weight excluding hydrogens is 268 g/mol. The third-order valence-electron chi connectivity index (χ3n) is 2.68. The highest BCUT2D eigenvalue weighted by atomic mass is 79.9. The van der Waals surface area contributed by atoms with E-state index in [1.165, 1.54) is 11.0 Å². The molecule has 0 radical (unpaired) electrons. The molecule has 0 bridgehead atoms. The van der Waals surface area contributed by atoms with E-state index < -0.39 is 0 Å². The Kier molecular flexibility index (Phi) is 4.96. The van der Waals surface area contributed by atoms with Crippen LogP contribution in [-0.2, 0) is 13.1 Å². The van der Waals surface area contributed by atoms with Crippen molar-refractivity contribution in [3.05, 3.63) is 30.6 Å². The molecule has 0 atom stereocenters. The number of fused-ring (bicyclic) bond motifs is 1. The molecule has 0 amide bonds. The number of nitrogens with zero attached hydrogens (tertiary/aromatic N) is 2. The van der Waals surface area contributed by atoms with Gasteiger partial charge in [0.2, 0.25) is 6.33 Å². The summed E-state index contributed by atoms with van der Waals surface area (Å²) in [6, 6.07) is 8.37. The Morgan fingerprint density at radius 3 is 2.75 bits per heavy atom. The fraction of sp³-hybridized carbons (Fsp3) is 0.417. The fourth-order valence-electron chi connectivity index (χ4n) is 1.91. The van der Waals surface area contributed by atoms with Crippen molar-refractivity contribution in [1.82, 2.24) is 4.57 Å². The van der Waals surface area contributed by atoms with E-state index in [1.807, 2.05) is 0 Å². The maximum atomic E-state index is 8.84. The first-order valence-electron chi connectivity index (χ1n) is 5.45. The van der Waals surface area contributed by atoms with Crippen molar-refractivity contribution in [2.24, 2.45) is 0 Å². The lowest BCUT2D eigenvalue weighted by Gasteiger charge is -1.93. The van der Waals surface area contributed by atoms with Crippen molar-refractivity contribution in [1.29, 1.82) is 0 Å². The summed E-state index contributed by atoms with van der Waals surface area (Å²) in [4.78, 5) is 0. The average Bonchev–Trinajstić information content (AvgIpc) is 2.65. The van der Waals surface area contributed by atoms with Gasteiger partial charge < -0.3 is 22.1 Å². The minimum absolute atomic E-state index is 0. The van der Waals surface area contributed by atoms with E-state index in [9.17, 15) is 0 Å². The van der Waals surface area contributed by atoms with Gasteiger partial charge in [0.05, 0.1) is 13.1 Å². The van der Waals surface area contributed by atoms with Crippen LogP contribution in [0.4, 0.5) is 0 Å². The minimum Gasteiger partial charge on any atom is -1.00 e.